The van der Waals surface area contributed by atoms with Gasteiger partial charge in [0.05, 0.1) is 5.56 Å². The van der Waals surface area contributed by atoms with Crippen LogP contribution < -0.4 is 4.74 Å². The highest BCUT2D eigenvalue weighted by Crippen LogP contribution is 2.56. The summed E-state index contributed by atoms with van der Waals surface area (Å²) in [7, 11) is 0. The van der Waals surface area contributed by atoms with Crippen molar-refractivity contribution in [1.82, 2.24) is 0 Å². The van der Waals surface area contributed by atoms with Gasteiger partial charge >= 0.3 is 5.97 Å². The third-order valence-corrected chi connectivity index (χ3v) is 5.42. The van der Waals surface area contributed by atoms with Gasteiger partial charge < -0.3 is 14.6 Å². The van der Waals surface area contributed by atoms with Gasteiger partial charge in [-0.3, -0.25) is 0 Å². The number of phenolic OH excluding ortho intramolecular Hbond substituents is 1. The van der Waals surface area contributed by atoms with Crippen LogP contribution in [0.2, 0.25) is 0 Å². The molecule has 0 fully saturated rings. The van der Waals surface area contributed by atoms with E-state index in [0.29, 0.717) is 22.6 Å². The third-order valence-electron chi connectivity index (χ3n) is 5.42. The Labute approximate surface area is 157 Å². The number of carbonyl (C=O) groups excluding carboxylic acids is 1. The molecule has 3 aromatic carbocycles. The zero-order valence-corrected chi connectivity index (χ0v) is 15.1. The predicted octanol–water partition coefficient (Wildman–Crippen LogP) is 4.83. The maximum Gasteiger partial charge on any atom is 0.340 e. The summed E-state index contributed by atoms with van der Waals surface area (Å²) in [4.78, 5) is 12.8. The minimum Gasteiger partial charge on any atom is -0.508 e. The number of esters is 1. The highest BCUT2D eigenvalue weighted by Gasteiger charge is 2.53. The van der Waals surface area contributed by atoms with Gasteiger partial charge in [0.15, 0.2) is 5.60 Å². The second-order valence-electron chi connectivity index (χ2n) is 7.09. The molecule has 0 amide bonds. The highest BCUT2D eigenvalue weighted by molar-refractivity contribution is 5.97. The molecule has 3 aromatic rings. The SMILES string of the molecule is CCc1ccc2c(c1)Oc1cc(O)ccc1C21OC(=O)c2cc(C)ccc21. The zero-order chi connectivity index (χ0) is 18.8. The average molecular weight is 358 g/mol. The lowest BCUT2D eigenvalue weighted by molar-refractivity contribution is 0.0224. The lowest BCUT2D eigenvalue weighted by atomic mass is 9.77. The fourth-order valence-corrected chi connectivity index (χ4v) is 4.09. The van der Waals surface area contributed by atoms with Gasteiger partial charge in [-0.05, 0) is 43.2 Å². The van der Waals surface area contributed by atoms with Gasteiger partial charge in [0.2, 0.25) is 0 Å². The van der Waals surface area contributed by atoms with Crippen LogP contribution in [0.5, 0.6) is 17.2 Å². The fourth-order valence-electron chi connectivity index (χ4n) is 4.09. The minimum atomic E-state index is -1.07. The van der Waals surface area contributed by atoms with Crippen LogP contribution in [0.3, 0.4) is 0 Å². The Bertz CT molecular complexity index is 1120. The molecule has 4 heteroatoms. The second-order valence-corrected chi connectivity index (χ2v) is 7.09. The van der Waals surface area contributed by atoms with Crippen molar-refractivity contribution in [3.63, 3.8) is 0 Å². The molecule has 2 aliphatic rings. The molecule has 0 aliphatic carbocycles. The fraction of sp³-hybridized carbons (Fsp3) is 0.174. The van der Waals surface area contributed by atoms with Gasteiger partial charge in [0.25, 0.3) is 0 Å². The van der Waals surface area contributed by atoms with Crippen molar-refractivity contribution in [3.05, 3.63) is 88.0 Å². The summed E-state index contributed by atoms with van der Waals surface area (Å²) in [5, 5.41) is 9.96. The zero-order valence-electron chi connectivity index (χ0n) is 15.1. The van der Waals surface area contributed by atoms with Crippen LogP contribution in [0.25, 0.3) is 0 Å². The summed E-state index contributed by atoms with van der Waals surface area (Å²) in [6.45, 7) is 4.03. The Morgan fingerprint density at radius 2 is 1.63 bits per heavy atom. The molecule has 0 radical (unpaired) electrons. The van der Waals surface area contributed by atoms with Gasteiger partial charge in [-0.15, -0.1) is 0 Å². The topological polar surface area (TPSA) is 55.8 Å². The van der Waals surface area contributed by atoms with Crippen LogP contribution in [0, 0.1) is 6.92 Å². The molecule has 4 nitrogen and oxygen atoms in total. The van der Waals surface area contributed by atoms with E-state index in [9.17, 15) is 9.90 Å². The maximum atomic E-state index is 12.8. The van der Waals surface area contributed by atoms with Crippen molar-refractivity contribution in [2.45, 2.75) is 25.9 Å². The standard InChI is InChI=1S/C23H18O4/c1-3-14-5-8-18-20(11-14)26-21-12-15(24)6-9-19(21)23(18)17-7-4-13(2)10-16(17)22(25)27-23/h4-12,24H,3H2,1-2H3. The lowest BCUT2D eigenvalue weighted by Gasteiger charge is -2.36. The number of benzene rings is 3. The molecule has 1 spiro atoms. The Hall–Kier alpha value is -3.27. The Morgan fingerprint density at radius 1 is 0.926 bits per heavy atom. The van der Waals surface area contributed by atoms with E-state index in [1.165, 1.54) is 0 Å². The number of hydrogen-bond donors (Lipinski definition) is 1. The highest BCUT2D eigenvalue weighted by atomic mass is 16.6. The number of aryl methyl sites for hydroxylation is 2. The van der Waals surface area contributed by atoms with E-state index in [1.807, 2.05) is 43.3 Å². The lowest BCUT2D eigenvalue weighted by Crippen LogP contribution is -2.33. The molecule has 2 heterocycles. The monoisotopic (exact) mass is 358 g/mol. The quantitative estimate of drug-likeness (QED) is 0.633. The van der Waals surface area contributed by atoms with Gasteiger partial charge in [-0.25, -0.2) is 4.79 Å². The number of carbonyl (C=O) groups is 1. The second kappa shape index (κ2) is 5.36. The molecular formula is C23H18O4. The van der Waals surface area contributed by atoms with E-state index in [4.69, 9.17) is 9.47 Å². The number of hydrogen-bond acceptors (Lipinski definition) is 4. The van der Waals surface area contributed by atoms with Crippen LogP contribution in [0.1, 0.15) is 45.1 Å². The normalized spacial score (nSPS) is 19.1. The van der Waals surface area contributed by atoms with Crippen LogP contribution in [-0.4, -0.2) is 11.1 Å². The first-order valence-corrected chi connectivity index (χ1v) is 9.02. The largest absolute Gasteiger partial charge is 0.508 e. The summed E-state index contributed by atoms with van der Waals surface area (Å²) < 4.78 is 12.2. The van der Waals surface area contributed by atoms with E-state index in [0.717, 1.165) is 28.7 Å². The van der Waals surface area contributed by atoms with E-state index in [-0.39, 0.29) is 11.7 Å². The van der Waals surface area contributed by atoms with Gasteiger partial charge in [0, 0.05) is 22.8 Å². The number of aromatic hydroxyl groups is 1. The van der Waals surface area contributed by atoms with E-state index in [2.05, 4.69) is 6.92 Å². The predicted molar refractivity (Wildman–Crippen MR) is 100 cm³/mol. The van der Waals surface area contributed by atoms with E-state index < -0.39 is 5.60 Å². The Kier molecular flexibility index (Phi) is 3.17. The molecule has 134 valence electrons. The number of fused-ring (bicyclic) bond motifs is 6. The summed E-state index contributed by atoms with van der Waals surface area (Å²) in [5.41, 5.74) is 3.95. The van der Waals surface area contributed by atoms with Crippen LogP contribution in [0.4, 0.5) is 0 Å². The number of rotatable bonds is 1. The third kappa shape index (κ3) is 2.07. The van der Waals surface area contributed by atoms with E-state index >= 15 is 0 Å². The van der Waals surface area contributed by atoms with Gasteiger partial charge in [-0.1, -0.05) is 36.8 Å². The summed E-state index contributed by atoms with van der Waals surface area (Å²) in [5.74, 6) is 0.901. The Morgan fingerprint density at radius 3 is 2.41 bits per heavy atom. The molecular weight excluding hydrogens is 340 g/mol. The van der Waals surface area contributed by atoms with Crippen LogP contribution in [-0.2, 0) is 16.8 Å². The number of phenols is 1. The molecule has 0 aromatic heterocycles. The molecule has 0 bridgehead atoms. The van der Waals surface area contributed by atoms with Gasteiger partial charge in [0.1, 0.15) is 17.2 Å². The Balaban J connectivity index is 1.88. The summed E-state index contributed by atoms with van der Waals surface area (Å²) in [6.07, 6.45) is 0.867. The molecule has 0 saturated carbocycles. The van der Waals surface area contributed by atoms with Crippen molar-refractivity contribution in [2.24, 2.45) is 0 Å². The van der Waals surface area contributed by atoms with E-state index in [1.54, 1.807) is 18.2 Å². The number of ether oxygens (including phenoxy) is 2. The smallest absolute Gasteiger partial charge is 0.340 e. The van der Waals surface area contributed by atoms with Crippen molar-refractivity contribution >= 4 is 5.97 Å². The molecule has 1 atom stereocenters. The molecule has 27 heavy (non-hydrogen) atoms. The average Bonchev–Trinajstić information content (AvgIpc) is 2.94. The van der Waals surface area contributed by atoms with Crippen molar-refractivity contribution in [3.8, 4) is 17.2 Å². The molecule has 0 saturated heterocycles. The van der Waals surface area contributed by atoms with Crippen molar-refractivity contribution in [1.29, 1.82) is 0 Å². The van der Waals surface area contributed by atoms with Crippen molar-refractivity contribution in [2.75, 3.05) is 0 Å². The molecule has 1 N–H and O–H groups in total. The first-order valence-electron chi connectivity index (χ1n) is 9.02. The molecule has 5 rings (SSSR count). The van der Waals surface area contributed by atoms with Crippen LogP contribution >= 0.6 is 0 Å². The van der Waals surface area contributed by atoms with Gasteiger partial charge in [-0.2, -0.15) is 0 Å². The first-order chi connectivity index (χ1) is 13.0. The summed E-state index contributed by atoms with van der Waals surface area (Å²) >= 11 is 0. The van der Waals surface area contributed by atoms with Crippen LogP contribution in [0.15, 0.2) is 54.6 Å². The maximum absolute atomic E-state index is 12.8. The molecule has 1 unspecified atom stereocenters. The summed E-state index contributed by atoms with van der Waals surface area (Å²) in [6, 6.07) is 16.7. The van der Waals surface area contributed by atoms with Crippen molar-refractivity contribution < 1.29 is 19.4 Å². The molecule has 2 aliphatic heterocycles. The minimum absolute atomic E-state index is 0.104. The first kappa shape index (κ1) is 15.9.